The van der Waals surface area contributed by atoms with Gasteiger partial charge in [0.05, 0.1) is 0 Å². The first-order valence-corrected chi connectivity index (χ1v) is 7.11. The van der Waals surface area contributed by atoms with Gasteiger partial charge in [0, 0.05) is 41.4 Å². The van der Waals surface area contributed by atoms with Gasteiger partial charge in [-0.3, -0.25) is 4.98 Å². The van der Waals surface area contributed by atoms with Gasteiger partial charge in [0.1, 0.15) is 0 Å². The van der Waals surface area contributed by atoms with Crippen LogP contribution >= 0.6 is 0 Å². The van der Waals surface area contributed by atoms with Gasteiger partial charge in [-0.1, -0.05) is 18.6 Å². The molecule has 3 heteroatoms. The molecule has 0 amide bonds. The summed E-state index contributed by atoms with van der Waals surface area (Å²) in [4.78, 5) is 6.66. The van der Waals surface area contributed by atoms with Crippen LogP contribution in [0, 0.1) is 0 Å². The zero-order chi connectivity index (χ0) is 13.1. The van der Waals surface area contributed by atoms with Crippen LogP contribution in [0.4, 0.5) is 5.69 Å². The molecule has 0 saturated carbocycles. The van der Waals surface area contributed by atoms with Crippen LogP contribution in [-0.2, 0) is 0 Å². The fraction of sp³-hybridized carbons (Fsp3) is 0.438. The number of hydrogen-bond donors (Lipinski definition) is 1. The molecule has 1 saturated heterocycles. The molecule has 0 radical (unpaired) electrons. The van der Waals surface area contributed by atoms with E-state index in [-0.39, 0.29) is 0 Å². The maximum absolute atomic E-state index is 4.18. The molecule has 1 aliphatic heterocycles. The summed E-state index contributed by atoms with van der Waals surface area (Å²) in [6, 6.07) is 9.11. The highest BCUT2D eigenvalue weighted by atomic mass is 15.2. The number of likely N-dealkylation sites (N-methyl/N-ethyl adjacent to an activating group) is 1. The van der Waals surface area contributed by atoms with Crippen molar-refractivity contribution in [2.75, 3.05) is 25.5 Å². The first-order chi connectivity index (χ1) is 9.34. The Balaban J connectivity index is 1.74. The lowest BCUT2D eigenvalue weighted by Gasteiger charge is -2.32. The molecule has 1 aliphatic rings. The van der Waals surface area contributed by atoms with E-state index >= 15 is 0 Å². The molecular weight excluding hydrogens is 234 g/mol. The fourth-order valence-corrected chi connectivity index (χ4v) is 2.91. The number of aromatic nitrogens is 1. The Morgan fingerprint density at radius 3 is 3.16 bits per heavy atom. The second-order valence-corrected chi connectivity index (χ2v) is 5.41. The van der Waals surface area contributed by atoms with Crippen LogP contribution in [0.25, 0.3) is 10.8 Å². The van der Waals surface area contributed by atoms with E-state index in [0.29, 0.717) is 6.04 Å². The maximum Gasteiger partial charge on any atom is 0.0421 e. The lowest BCUT2D eigenvalue weighted by atomic mass is 10.0. The zero-order valence-electron chi connectivity index (χ0n) is 11.5. The summed E-state index contributed by atoms with van der Waals surface area (Å²) in [6.45, 7) is 2.25. The third-order valence-corrected chi connectivity index (χ3v) is 4.13. The number of fused-ring (bicyclic) bond motifs is 1. The number of benzene rings is 1. The third-order valence-electron chi connectivity index (χ3n) is 4.13. The normalized spacial score (nSPS) is 20.6. The number of nitrogens with zero attached hydrogens (tertiary/aromatic N) is 2. The molecule has 1 fully saturated rings. The SMILES string of the molecule is CN1CCCCC1CNc1cccc2cnccc12. The summed E-state index contributed by atoms with van der Waals surface area (Å²) >= 11 is 0. The van der Waals surface area contributed by atoms with Crippen molar-refractivity contribution in [2.24, 2.45) is 0 Å². The molecule has 1 atom stereocenters. The second-order valence-electron chi connectivity index (χ2n) is 5.41. The summed E-state index contributed by atoms with van der Waals surface area (Å²) in [5.41, 5.74) is 1.22. The number of nitrogens with one attached hydrogen (secondary N) is 1. The standard InChI is InChI=1S/C16H21N3/c1-19-10-3-2-6-14(19)12-18-16-7-4-5-13-11-17-9-8-15(13)16/h4-5,7-9,11,14,18H,2-3,6,10,12H2,1H3. The van der Waals surface area contributed by atoms with Gasteiger partial charge in [0.15, 0.2) is 0 Å². The van der Waals surface area contributed by atoms with Gasteiger partial charge >= 0.3 is 0 Å². The summed E-state index contributed by atoms with van der Waals surface area (Å²) in [7, 11) is 2.23. The van der Waals surface area contributed by atoms with E-state index in [9.17, 15) is 0 Å². The van der Waals surface area contributed by atoms with Crippen LogP contribution in [0.15, 0.2) is 36.7 Å². The van der Waals surface area contributed by atoms with Crippen molar-refractivity contribution in [3.8, 4) is 0 Å². The number of rotatable bonds is 3. The minimum absolute atomic E-state index is 0.658. The van der Waals surface area contributed by atoms with E-state index in [1.165, 1.54) is 42.3 Å². The molecule has 0 bridgehead atoms. The molecule has 0 spiro atoms. The predicted molar refractivity (Wildman–Crippen MR) is 80.5 cm³/mol. The third kappa shape index (κ3) is 2.71. The molecule has 19 heavy (non-hydrogen) atoms. The summed E-state index contributed by atoms with van der Waals surface area (Å²) in [5, 5.41) is 6.08. The van der Waals surface area contributed by atoms with Gasteiger partial charge in [-0.05, 0) is 38.6 Å². The molecule has 3 rings (SSSR count). The van der Waals surface area contributed by atoms with Crippen molar-refractivity contribution in [1.29, 1.82) is 0 Å². The molecular formula is C16H21N3. The minimum Gasteiger partial charge on any atom is -0.383 e. The molecule has 0 aliphatic carbocycles. The Hall–Kier alpha value is -1.61. The molecule has 1 unspecified atom stereocenters. The van der Waals surface area contributed by atoms with Crippen LogP contribution in [0.2, 0.25) is 0 Å². The van der Waals surface area contributed by atoms with Crippen LogP contribution in [-0.4, -0.2) is 36.1 Å². The smallest absolute Gasteiger partial charge is 0.0421 e. The van der Waals surface area contributed by atoms with Gasteiger partial charge in [0.2, 0.25) is 0 Å². The monoisotopic (exact) mass is 255 g/mol. The summed E-state index contributed by atoms with van der Waals surface area (Å²) in [6.07, 6.45) is 7.78. The van der Waals surface area contributed by atoms with E-state index in [1.54, 1.807) is 0 Å². The largest absolute Gasteiger partial charge is 0.383 e. The highest BCUT2D eigenvalue weighted by molar-refractivity contribution is 5.93. The van der Waals surface area contributed by atoms with Crippen molar-refractivity contribution in [3.63, 3.8) is 0 Å². The van der Waals surface area contributed by atoms with Crippen LogP contribution < -0.4 is 5.32 Å². The first kappa shape index (κ1) is 12.4. The fourth-order valence-electron chi connectivity index (χ4n) is 2.91. The molecule has 3 nitrogen and oxygen atoms in total. The van der Waals surface area contributed by atoms with E-state index in [1.807, 2.05) is 12.4 Å². The number of anilines is 1. The minimum atomic E-state index is 0.658. The lowest BCUT2D eigenvalue weighted by molar-refractivity contribution is 0.195. The van der Waals surface area contributed by atoms with Gasteiger partial charge in [0.25, 0.3) is 0 Å². The highest BCUT2D eigenvalue weighted by Crippen LogP contribution is 2.23. The molecule has 2 aromatic rings. The number of pyridine rings is 1. The molecule has 100 valence electrons. The first-order valence-electron chi connectivity index (χ1n) is 7.11. The Labute approximate surface area is 114 Å². The van der Waals surface area contributed by atoms with Crippen molar-refractivity contribution in [3.05, 3.63) is 36.7 Å². The average Bonchev–Trinajstić information content (AvgIpc) is 2.46. The molecule has 2 heterocycles. The van der Waals surface area contributed by atoms with Crippen LogP contribution in [0.3, 0.4) is 0 Å². The number of piperidine rings is 1. The molecule has 1 N–H and O–H groups in total. The highest BCUT2D eigenvalue weighted by Gasteiger charge is 2.18. The van der Waals surface area contributed by atoms with Crippen molar-refractivity contribution in [1.82, 2.24) is 9.88 Å². The van der Waals surface area contributed by atoms with E-state index in [4.69, 9.17) is 0 Å². The second kappa shape index (κ2) is 5.57. The number of likely N-dealkylation sites (tertiary alicyclic amines) is 1. The summed E-state index contributed by atoms with van der Waals surface area (Å²) in [5.74, 6) is 0. The van der Waals surface area contributed by atoms with Crippen LogP contribution in [0.1, 0.15) is 19.3 Å². The van der Waals surface area contributed by atoms with Crippen molar-refractivity contribution in [2.45, 2.75) is 25.3 Å². The van der Waals surface area contributed by atoms with Crippen molar-refractivity contribution < 1.29 is 0 Å². The van der Waals surface area contributed by atoms with Gasteiger partial charge in [-0.25, -0.2) is 0 Å². The predicted octanol–water partition coefficient (Wildman–Crippen LogP) is 3.13. The van der Waals surface area contributed by atoms with Gasteiger partial charge < -0.3 is 10.2 Å². The zero-order valence-corrected chi connectivity index (χ0v) is 11.5. The Morgan fingerprint density at radius 2 is 2.26 bits per heavy atom. The Bertz CT molecular complexity index is 547. The van der Waals surface area contributed by atoms with Crippen molar-refractivity contribution >= 4 is 16.5 Å². The summed E-state index contributed by atoms with van der Waals surface area (Å²) < 4.78 is 0. The Kier molecular flexibility index (Phi) is 3.65. The van der Waals surface area contributed by atoms with E-state index in [2.05, 4.69) is 46.5 Å². The lowest BCUT2D eigenvalue weighted by Crippen LogP contribution is -2.40. The molecule has 1 aromatic heterocycles. The maximum atomic E-state index is 4.18. The Morgan fingerprint density at radius 1 is 1.32 bits per heavy atom. The number of hydrogen-bond acceptors (Lipinski definition) is 3. The van der Waals surface area contributed by atoms with E-state index < -0.39 is 0 Å². The van der Waals surface area contributed by atoms with Gasteiger partial charge in [-0.2, -0.15) is 0 Å². The average molecular weight is 255 g/mol. The van der Waals surface area contributed by atoms with Crippen LogP contribution in [0.5, 0.6) is 0 Å². The topological polar surface area (TPSA) is 28.2 Å². The quantitative estimate of drug-likeness (QED) is 0.913. The molecule has 1 aromatic carbocycles. The van der Waals surface area contributed by atoms with E-state index in [0.717, 1.165) is 6.54 Å². The van der Waals surface area contributed by atoms with Gasteiger partial charge in [-0.15, -0.1) is 0 Å².